The Morgan fingerprint density at radius 2 is 1.79 bits per heavy atom. The monoisotopic (exact) mass is 480 g/mol. The van der Waals surface area contributed by atoms with Crippen LogP contribution in [-0.2, 0) is 24.2 Å². The molecule has 0 spiro atoms. The van der Waals surface area contributed by atoms with Gasteiger partial charge in [-0.3, -0.25) is 4.79 Å². The molecule has 3 aromatic rings. The molecule has 2 aliphatic rings. The fourth-order valence-electron chi connectivity index (χ4n) is 5.22. The zero-order valence-corrected chi connectivity index (χ0v) is 19.8. The van der Waals surface area contributed by atoms with Crippen molar-refractivity contribution in [2.45, 2.75) is 38.3 Å². The van der Waals surface area contributed by atoms with Crippen molar-refractivity contribution in [3.05, 3.63) is 92.4 Å². The van der Waals surface area contributed by atoms with Gasteiger partial charge >= 0.3 is 0 Å². The zero-order valence-electron chi connectivity index (χ0n) is 18.2. The van der Waals surface area contributed by atoms with Crippen LogP contribution in [0.2, 0.25) is 4.34 Å². The predicted octanol–water partition coefficient (Wildman–Crippen LogP) is 6.48. The molecule has 1 aromatic heterocycles. The standard InChI is InChI=1S/C27H26ClFN2OS/c28-25-11-10-24(33-25)16-30-27-19-4-5-20(27)14-21-15-23(9-6-18(21)13-19)31-26(32)12-3-17-1-7-22(29)8-2-17/h1-3,6-12,15,19-20,27,30H,4-5,13-14,16H2,(H,31,32)/b12-3+/t19-,20+,27+/m0/s1. The van der Waals surface area contributed by atoms with E-state index < -0.39 is 0 Å². The molecule has 3 atom stereocenters. The third-order valence-corrected chi connectivity index (χ3v) is 8.03. The number of hydrogen-bond acceptors (Lipinski definition) is 3. The van der Waals surface area contributed by atoms with Crippen LogP contribution in [0, 0.1) is 17.7 Å². The van der Waals surface area contributed by atoms with Crippen LogP contribution in [-0.4, -0.2) is 11.9 Å². The van der Waals surface area contributed by atoms with Gasteiger partial charge in [-0.15, -0.1) is 11.3 Å². The van der Waals surface area contributed by atoms with E-state index in [0.29, 0.717) is 17.9 Å². The number of halogens is 2. The van der Waals surface area contributed by atoms with Crippen molar-refractivity contribution >= 4 is 40.6 Å². The number of nitrogens with one attached hydrogen (secondary N) is 2. The molecule has 0 radical (unpaired) electrons. The molecule has 1 amide bonds. The Bertz CT molecular complexity index is 1170. The van der Waals surface area contributed by atoms with Crippen molar-refractivity contribution in [3.8, 4) is 0 Å². The Hall–Kier alpha value is -2.47. The summed E-state index contributed by atoms with van der Waals surface area (Å²) in [6, 6.07) is 16.9. The third kappa shape index (κ3) is 5.37. The molecule has 1 saturated carbocycles. The van der Waals surface area contributed by atoms with Crippen molar-refractivity contribution in [1.29, 1.82) is 0 Å². The van der Waals surface area contributed by atoms with Gasteiger partial charge < -0.3 is 10.6 Å². The van der Waals surface area contributed by atoms with Gasteiger partial charge in [-0.05, 0) is 96.7 Å². The van der Waals surface area contributed by atoms with E-state index in [1.165, 1.54) is 47.1 Å². The molecule has 1 heterocycles. The first-order valence-corrected chi connectivity index (χ1v) is 12.6. The molecule has 0 saturated heterocycles. The Kier molecular flexibility index (Phi) is 6.63. The Labute approximate surface area is 202 Å². The minimum atomic E-state index is -0.288. The number of carbonyl (C=O) groups is 1. The summed E-state index contributed by atoms with van der Waals surface area (Å²) in [6.45, 7) is 0.868. The van der Waals surface area contributed by atoms with E-state index in [4.69, 9.17) is 11.6 Å². The number of hydrogen-bond donors (Lipinski definition) is 2. The van der Waals surface area contributed by atoms with Gasteiger partial charge in [0.1, 0.15) is 5.82 Å². The first-order chi connectivity index (χ1) is 16.0. The normalized spacial score (nSPS) is 21.7. The van der Waals surface area contributed by atoms with Crippen LogP contribution in [0.15, 0.2) is 60.7 Å². The molecule has 6 heteroatoms. The minimum Gasteiger partial charge on any atom is -0.323 e. The van der Waals surface area contributed by atoms with Crippen LogP contribution in [0.4, 0.5) is 10.1 Å². The van der Waals surface area contributed by atoms with E-state index in [0.717, 1.165) is 35.0 Å². The van der Waals surface area contributed by atoms with Gasteiger partial charge in [0.15, 0.2) is 0 Å². The third-order valence-electron chi connectivity index (χ3n) is 6.80. The molecular weight excluding hydrogens is 455 g/mol. The van der Waals surface area contributed by atoms with Crippen molar-refractivity contribution in [2.75, 3.05) is 5.32 Å². The van der Waals surface area contributed by atoms with Crippen molar-refractivity contribution in [3.63, 3.8) is 0 Å². The average molecular weight is 481 g/mol. The lowest BCUT2D eigenvalue weighted by atomic mass is 9.93. The fourth-order valence-corrected chi connectivity index (χ4v) is 6.25. The quantitative estimate of drug-likeness (QED) is 0.396. The Balaban J connectivity index is 1.23. The largest absolute Gasteiger partial charge is 0.323 e. The summed E-state index contributed by atoms with van der Waals surface area (Å²) in [7, 11) is 0. The zero-order chi connectivity index (χ0) is 22.8. The molecule has 33 heavy (non-hydrogen) atoms. The molecule has 3 nitrogen and oxygen atoms in total. The molecule has 1 fully saturated rings. The summed E-state index contributed by atoms with van der Waals surface area (Å²) < 4.78 is 13.9. The highest BCUT2D eigenvalue weighted by molar-refractivity contribution is 7.16. The summed E-state index contributed by atoms with van der Waals surface area (Å²) in [5, 5.41) is 6.79. The van der Waals surface area contributed by atoms with Gasteiger partial charge in [0.2, 0.25) is 5.91 Å². The topological polar surface area (TPSA) is 41.1 Å². The molecule has 170 valence electrons. The molecule has 0 unspecified atom stereocenters. The molecule has 5 rings (SSSR count). The summed E-state index contributed by atoms with van der Waals surface area (Å²) in [5.74, 6) is 0.772. The number of carbonyl (C=O) groups excluding carboxylic acids is 1. The lowest BCUT2D eigenvalue weighted by Crippen LogP contribution is -2.37. The highest BCUT2D eigenvalue weighted by Gasteiger charge is 2.38. The SMILES string of the molecule is O=C(/C=C/c1ccc(F)cc1)Nc1ccc2c(c1)C[C@H]1CC[C@@H](C2)[C@H]1NCc1ccc(Cl)s1. The van der Waals surface area contributed by atoms with Gasteiger partial charge in [0.05, 0.1) is 4.34 Å². The number of fused-ring (bicyclic) bond motifs is 3. The average Bonchev–Trinajstić information content (AvgIpc) is 3.34. The van der Waals surface area contributed by atoms with E-state index in [1.807, 2.05) is 12.1 Å². The summed E-state index contributed by atoms with van der Waals surface area (Å²) in [5.41, 5.74) is 4.34. The number of anilines is 1. The van der Waals surface area contributed by atoms with Crippen LogP contribution in [0.1, 0.15) is 34.4 Å². The maximum absolute atomic E-state index is 13.0. The maximum atomic E-state index is 13.0. The van der Waals surface area contributed by atoms with E-state index >= 15 is 0 Å². The van der Waals surface area contributed by atoms with Gasteiger partial charge in [0, 0.05) is 29.2 Å². The fraction of sp³-hybridized carbons (Fsp3) is 0.296. The lowest BCUT2D eigenvalue weighted by Gasteiger charge is -2.23. The maximum Gasteiger partial charge on any atom is 0.248 e. The van der Waals surface area contributed by atoms with Crippen LogP contribution >= 0.6 is 22.9 Å². The highest BCUT2D eigenvalue weighted by Crippen LogP contribution is 2.41. The van der Waals surface area contributed by atoms with E-state index in [-0.39, 0.29) is 11.7 Å². The van der Waals surface area contributed by atoms with Gasteiger partial charge in [-0.2, -0.15) is 0 Å². The number of benzene rings is 2. The molecule has 2 N–H and O–H groups in total. The minimum absolute atomic E-state index is 0.191. The summed E-state index contributed by atoms with van der Waals surface area (Å²) in [4.78, 5) is 13.7. The molecule has 0 aliphatic heterocycles. The second-order valence-corrected chi connectivity index (χ2v) is 10.8. The summed E-state index contributed by atoms with van der Waals surface area (Å²) in [6.07, 6.45) is 7.78. The predicted molar refractivity (Wildman–Crippen MR) is 134 cm³/mol. The van der Waals surface area contributed by atoms with Crippen molar-refractivity contribution < 1.29 is 9.18 Å². The highest BCUT2D eigenvalue weighted by atomic mass is 35.5. The van der Waals surface area contributed by atoms with Crippen LogP contribution in [0.5, 0.6) is 0 Å². The number of rotatable bonds is 6. The Morgan fingerprint density at radius 3 is 2.52 bits per heavy atom. The molecular formula is C27H26ClFN2OS. The van der Waals surface area contributed by atoms with Crippen LogP contribution < -0.4 is 10.6 Å². The number of thiophene rings is 1. The summed E-state index contributed by atoms with van der Waals surface area (Å²) >= 11 is 7.73. The molecule has 2 bridgehead atoms. The van der Waals surface area contributed by atoms with Crippen molar-refractivity contribution in [2.24, 2.45) is 11.8 Å². The first kappa shape index (κ1) is 22.3. The van der Waals surface area contributed by atoms with E-state index in [9.17, 15) is 9.18 Å². The second-order valence-electron chi connectivity index (χ2n) is 8.98. The Morgan fingerprint density at radius 1 is 1.03 bits per heavy atom. The van der Waals surface area contributed by atoms with Crippen LogP contribution in [0.3, 0.4) is 0 Å². The van der Waals surface area contributed by atoms with Gasteiger partial charge in [0.25, 0.3) is 0 Å². The smallest absolute Gasteiger partial charge is 0.248 e. The first-order valence-electron chi connectivity index (χ1n) is 11.4. The van der Waals surface area contributed by atoms with Crippen molar-refractivity contribution in [1.82, 2.24) is 5.32 Å². The molecule has 2 aromatic carbocycles. The van der Waals surface area contributed by atoms with Crippen LogP contribution in [0.25, 0.3) is 6.08 Å². The number of amides is 1. The lowest BCUT2D eigenvalue weighted by molar-refractivity contribution is -0.111. The van der Waals surface area contributed by atoms with E-state index in [1.54, 1.807) is 29.5 Å². The second kappa shape index (κ2) is 9.80. The van der Waals surface area contributed by atoms with Gasteiger partial charge in [-0.25, -0.2) is 4.39 Å². The van der Waals surface area contributed by atoms with Gasteiger partial charge in [-0.1, -0.05) is 29.8 Å². The molecule has 2 aliphatic carbocycles. The van der Waals surface area contributed by atoms with E-state index in [2.05, 4.69) is 28.8 Å².